The first-order valence-electron chi connectivity index (χ1n) is 7.11. The Bertz CT molecular complexity index is 539. The number of sulfonamides is 1. The smallest absolute Gasteiger partial charge is 0.241 e. The van der Waals surface area contributed by atoms with Crippen molar-refractivity contribution < 1.29 is 8.42 Å². The van der Waals surface area contributed by atoms with Gasteiger partial charge in [0.1, 0.15) is 0 Å². The van der Waals surface area contributed by atoms with Gasteiger partial charge in [0.25, 0.3) is 0 Å². The highest BCUT2D eigenvalue weighted by atomic mass is 32.2. The van der Waals surface area contributed by atoms with Crippen LogP contribution in [0.5, 0.6) is 0 Å². The molecule has 0 amide bonds. The second kappa shape index (κ2) is 6.70. The van der Waals surface area contributed by atoms with Gasteiger partial charge in [-0.25, -0.2) is 13.1 Å². The van der Waals surface area contributed by atoms with Crippen molar-refractivity contribution in [2.75, 3.05) is 0 Å². The molecule has 20 heavy (non-hydrogen) atoms. The molecule has 1 atom stereocenters. The topological polar surface area (TPSA) is 72.2 Å². The van der Waals surface area contributed by atoms with Gasteiger partial charge in [-0.2, -0.15) is 0 Å². The summed E-state index contributed by atoms with van der Waals surface area (Å²) < 4.78 is 27.6. The number of hydrogen-bond acceptors (Lipinski definition) is 3. The van der Waals surface area contributed by atoms with Crippen LogP contribution in [0, 0.1) is 0 Å². The summed E-state index contributed by atoms with van der Waals surface area (Å²) in [5, 5.41) is 0. The Morgan fingerprint density at radius 3 is 2.50 bits per heavy atom. The molecule has 114 valence electrons. The van der Waals surface area contributed by atoms with E-state index in [1.807, 2.05) is 33.8 Å². The predicted octanol–water partition coefficient (Wildman–Crippen LogP) is 2.95. The maximum Gasteiger partial charge on any atom is 0.241 e. The van der Waals surface area contributed by atoms with Gasteiger partial charge in [0.15, 0.2) is 0 Å². The third kappa shape index (κ3) is 4.58. The maximum atomic E-state index is 12.4. The molecule has 0 heterocycles. The lowest BCUT2D eigenvalue weighted by Crippen LogP contribution is -2.43. The molecule has 0 radical (unpaired) electrons. The molecule has 3 N–H and O–H groups in total. The number of hydrogen-bond donors (Lipinski definition) is 2. The molecule has 1 rings (SSSR count). The predicted molar refractivity (Wildman–Crippen MR) is 83.0 cm³/mol. The lowest BCUT2D eigenvalue weighted by atomic mass is 10.0. The SMILES string of the molecule is CCCC(C)(C)NS(=O)(=O)c1cccc(C(N)CC)c1. The summed E-state index contributed by atoms with van der Waals surface area (Å²) in [6.45, 7) is 7.82. The molecule has 5 heteroatoms. The van der Waals surface area contributed by atoms with E-state index in [0.29, 0.717) is 0 Å². The van der Waals surface area contributed by atoms with Crippen LogP contribution in [0.4, 0.5) is 0 Å². The van der Waals surface area contributed by atoms with E-state index in [1.165, 1.54) is 0 Å². The highest BCUT2D eigenvalue weighted by Crippen LogP contribution is 2.21. The first kappa shape index (κ1) is 17.1. The first-order valence-corrected chi connectivity index (χ1v) is 8.59. The molecule has 1 aromatic carbocycles. The standard InChI is InChI=1S/C15H26N2O2S/c1-5-10-15(3,4)17-20(18,19)13-9-7-8-12(11-13)14(16)6-2/h7-9,11,14,17H,5-6,10,16H2,1-4H3. The van der Waals surface area contributed by atoms with E-state index in [4.69, 9.17) is 5.73 Å². The van der Waals surface area contributed by atoms with Crippen molar-refractivity contribution in [2.45, 2.75) is 63.4 Å². The summed E-state index contributed by atoms with van der Waals surface area (Å²) in [5.41, 5.74) is 6.37. The van der Waals surface area contributed by atoms with Crippen LogP contribution in [0.15, 0.2) is 29.2 Å². The maximum absolute atomic E-state index is 12.4. The number of benzene rings is 1. The lowest BCUT2D eigenvalue weighted by molar-refractivity contribution is 0.417. The van der Waals surface area contributed by atoms with Crippen molar-refractivity contribution in [2.24, 2.45) is 5.73 Å². The van der Waals surface area contributed by atoms with E-state index in [9.17, 15) is 8.42 Å². The van der Waals surface area contributed by atoms with Crippen molar-refractivity contribution in [1.29, 1.82) is 0 Å². The van der Waals surface area contributed by atoms with Crippen LogP contribution in [0.25, 0.3) is 0 Å². The Hall–Kier alpha value is -0.910. The summed E-state index contributed by atoms with van der Waals surface area (Å²) >= 11 is 0. The molecular weight excluding hydrogens is 272 g/mol. The number of nitrogens with two attached hydrogens (primary N) is 1. The minimum absolute atomic E-state index is 0.131. The van der Waals surface area contributed by atoms with Gasteiger partial charge < -0.3 is 5.73 Å². The zero-order chi connectivity index (χ0) is 15.4. The molecule has 0 saturated carbocycles. The van der Waals surface area contributed by atoms with E-state index >= 15 is 0 Å². The lowest BCUT2D eigenvalue weighted by Gasteiger charge is -2.25. The minimum atomic E-state index is -3.51. The molecule has 1 unspecified atom stereocenters. The fraction of sp³-hybridized carbons (Fsp3) is 0.600. The quantitative estimate of drug-likeness (QED) is 0.813. The molecule has 0 aliphatic carbocycles. The van der Waals surface area contributed by atoms with Crippen molar-refractivity contribution in [3.63, 3.8) is 0 Å². The zero-order valence-corrected chi connectivity index (χ0v) is 13.6. The molecular formula is C15H26N2O2S. The summed E-state index contributed by atoms with van der Waals surface area (Å²) in [4.78, 5) is 0.281. The summed E-state index contributed by atoms with van der Waals surface area (Å²) in [6.07, 6.45) is 2.49. The van der Waals surface area contributed by atoms with Crippen molar-refractivity contribution in [3.05, 3.63) is 29.8 Å². The Labute approximate surface area is 122 Å². The zero-order valence-electron chi connectivity index (χ0n) is 12.8. The third-order valence-corrected chi connectivity index (χ3v) is 5.02. The van der Waals surface area contributed by atoms with E-state index in [-0.39, 0.29) is 10.9 Å². The Morgan fingerprint density at radius 1 is 1.30 bits per heavy atom. The molecule has 1 aromatic rings. The normalized spacial score (nSPS) is 14.2. The number of rotatable bonds is 7. The molecule has 0 saturated heterocycles. The van der Waals surface area contributed by atoms with Gasteiger partial charge >= 0.3 is 0 Å². The monoisotopic (exact) mass is 298 g/mol. The average molecular weight is 298 g/mol. The Morgan fingerprint density at radius 2 is 1.95 bits per heavy atom. The van der Waals surface area contributed by atoms with Crippen LogP contribution in [0.1, 0.15) is 58.6 Å². The van der Waals surface area contributed by atoms with E-state index in [2.05, 4.69) is 4.72 Å². The van der Waals surface area contributed by atoms with Crippen LogP contribution >= 0.6 is 0 Å². The number of nitrogens with one attached hydrogen (secondary N) is 1. The highest BCUT2D eigenvalue weighted by Gasteiger charge is 2.25. The first-order chi connectivity index (χ1) is 9.22. The summed E-state index contributed by atoms with van der Waals surface area (Å²) in [7, 11) is -3.51. The van der Waals surface area contributed by atoms with Crippen LogP contribution in [0.3, 0.4) is 0 Å². The fourth-order valence-corrected chi connectivity index (χ4v) is 3.74. The van der Waals surface area contributed by atoms with Crippen LogP contribution in [-0.4, -0.2) is 14.0 Å². The van der Waals surface area contributed by atoms with Gasteiger partial charge in [0.05, 0.1) is 4.90 Å². The van der Waals surface area contributed by atoms with Gasteiger partial charge in [-0.1, -0.05) is 32.4 Å². The largest absolute Gasteiger partial charge is 0.324 e. The van der Waals surface area contributed by atoms with E-state index < -0.39 is 15.6 Å². The van der Waals surface area contributed by atoms with Crippen molar-refractivity contribution in [1.82, 2.24) is 4.72 Å². The molecule has 0 aromatic heterocycles. The summed E-state index contributed by atoms with van der Waals surface area (Å²) in [6, 6.07) is 6.75. The van der Waals surface area contributed by atoms with Gasteiger partial charge in [-0.15, -0.1) is 0 Å². The fourth-order valence-electron chi connectivity index (χ4n) is 2.25. The van der Waals surface area contributed by atoms with Gasteiger partial charge in [-0.3, -0.25) is 0 Å². The minimum Gasteiger partial charge on any atom is -0.324 e. The molecule has 0 aliphatic rings. The van der Waals surface area contributed by atoms with Crippen LogP contribution in [-0.2, 0) is 10.0 Å². The van der Waals surface area contributed by atoms with Crippen LogP contribution in [0.2, 0.25) is 0 Å². The van der Waals surface area contributed by atoms with Crippen molar-refractivity contribution in [3.8, 4) is 0 Å². The van der Waals surface area contributed by atoms with Gasteiger partial charge in [0, 0.05) is 11.6 Å². The van der Waals surface area contributed by atoms with Gasteiger partial charge in [0.2, 0.25) is 10.0 Å². The Kier molecular flexibility index (Phi) is 5.74. The van der Waals surface area contributed by atoms with E-state index in [1.54, 1.807) is 18.2 Å². The van der Waals surface area contributed by atoms with Crippen molar-refractivity contribution >= 4 is 10.0 Å². The second-order valence-electron chi connectivity index (χ2n) is 5.83. The molecule has 0 fully saturated rings. The van der Waals surface area contributed by atoms with Crippen LogP contribution < -0.4 is 10.5 Å². The molecule has 0 bridgehead atoms. The third-order valence-electron chi connectivity index (χ3n) is 3.32. The molecule has 4 nitrogen and oxygen atoms in total. The molecule has 0 aliphatic heterocycles. The Balaban J connectivity index is 3.04. The summed E-state index contributed by atoms with van der Waals surface area (Å²) in [5.74, 6) is 0. The molecule has 0 spiro atoms. The highest BCUT2D eigenvalue weighted by molar-refractivity contribution is 7.89. The average Bonchev–Trinajstić information content (AvgIpc) is 2.36. The second-order valence-corrected chi connectivity index (χ2v) is 7.51. The van der Waals surface area contributed by atoms with E-state index in [0.717, 1.165) is 24.8 Å². The van der Waals surface area contributed by atoms with Gasteiger partial charge in [-0.05, 0) is 44.4 Å².